The minimum Gasteiger partial charge on any atom is -0.312 e. The molecule has 0 amide bonds. The molecule has 102 valence electrons. The van der Waals surface area contributed by atoms with E-state index in [2.05, 4.69) is 32.3 Å². The lowest BCUT2D eigenvalue weighted by Gasteiger charge is -2.17. The molecule has 0 fully saturated rings. The molecule has 3 nitrogen and oxygen atoms in total. The van der Waals surface area contributed by atoms with Gasteiger partial charge in [0, 0.05) is 35.4 Å². The van der Waals surface area contributed by atoms with Crippen molar-refractivity contribution in [2.45, 2.75) is 19.4 Å². The maximum Gasteiger partial charge on any atom is 0.167 e. The Balaban J connectivity index is 1.80. The molecule has 20 heavy (non-hydrogen) atoms. The second-order valence-electron chi connectivity index (χ2n) is 5.02. The van der Waals surface area contributed by atoms with Crippen LogP contribution in [0.4, 0.5) is 0 Å². The van der Waals surface area contributed by atoms with Crippen LogP contribution in [0.5, 0.6) is 0 Å². The van der Waals surface area contributed by atoms with Crippen molar-refractivity contribution in [1.82, 2.24) is 10.3 Å². The van der Waals surface area contributed by atoms with Gasteiger partial charge >= 0.3 is 0 Å². The van der Waals surface area contributed by atoms with Gasteiger partial charge in [0.15, 0.2) is 5.78 Å². The molecule has 0 bridgehead atoms. The van der Waals surface area contributed by atoms with E-state index in [0.29, 0.717) is 6.42 Å². The van der Waals surface area contributed by atoms with Gasteiger partial charge < -0.3 is 5.32 Å². The van der Waals surface area contributed by atoms with Gasteiger partial charge in [-0.3, -0.25) is 9.78 Å². The van der Waals surface area contributed by atoms with Crippen molar-refractivity contribution >= 4 is 21.7 Å². The first-order valence-electron chi connectivity index (χ1n) is 6.67. The normalized spacial score (nSPS) is 13.8. The Morgan fingerprint density at radius 1 is 1.25 bits per heavy atom. The number of rotatable bonds is 3. The molecule has 0 atom stereocenters. The highest BCUT2D eigenvalue weighted by Gasteiger charge is 2.13. The van der Waals surface area contributed by atoms with Gasteiger partial charge in [-0.25, -0.2) is 0 Å². The van der Waals surface area contributed by atoms with Crippen LogP contribution in [0.25, 0.3) is 0 Å². The Kier molecular flexibility index (Phi) is 3.94. The number of fused-ring (bicyclic) bond motifs is 1. The van der Waals surface area contributed by atoms with Gasteiger partial charge in [-0.05, 0) is 57.7 Å². The van der Waals surface area contributed by atoms with E-state index < -0.39 is 0 Å². The predicted molar refractivity (Wildman–Crippen MR) is 81.8 cm³/mol. The SMILES string of the molecule is O=C(Cc1cncc(Br)c1)c1ccc2c(c1)CNCC2. The average molecular weight is 331 g/mol. The van der Waals surface area contributed by atoms with Crippen molar-refractivity contribution in [1.29, 1.82) is 0 Å². The van der Waals surface area contributed by atoms with Crippen molar-refractivity contribution in [2.24, 2.45) is 0 Å². The molecular weight excluding hydrogens is 316 g/mol. The molecule has 4 heteroatoms. The van der Waals surface area contributed by atoms with Gasteiger partial charge in [0.1, 0.15) is 0 Å². The van der Waals surface area contributed by atoms with Gasteiger partial charge in [0.05, 0.1) is 0 Å². The van der Waals surface area contributed by atoms with Crippen molar-refractivity contribution in [3.8, 4) is 0 Å². The van der Waals surface area contributed by atoms with Crippen molar-refractivity contribution in [3.63, 3.8) is 0 Å². The van der Waals surface area contributed by atoms with E-state index >= 15 is 0 Å². The van der Waals surface area contributed by atoms with E-state index in [1.54, 1.807) is 12.4 Å². The fourth-order valence-electron chi connectivity index (χ4n) is 2.49. The van der Waals surface area contributed by atoms with Crippen LogP contribution in [0.1, 0.15) is 27.0 Å². The zero-order valence-electron chi connectivity index (χ0n) is 11.0. The molecule has 1 aromatic carbocycles. The molecule has 1 N–H and O–H groups in total. The van der Waals surface area contributed by atoms with E-state index in [0.717, 1.165) is 35.1 Å². The summed E-state index contributed by atoms with van der Waals surface area (Å²) in [4.78, 5) is 16.4. The third-order valence-electron chi connectivity index (χ3n) is 3.54. The Morgan fingerprint density at radius 3 is 3.00 bits per heavy atom. The van der Waals surface area contributed by atoms with E-state index in [4.69, 9.17) is 0 Å². The molecule has 2 aromatic rings. The summed E-state index contributed by atoms with van der Waals surface area (Å²) in [5.74, 6) is 0.137. The van der Waals surface area contributed by atoms with Gasteiger partial charge in [-0.2, -0.15) is 0 Å². The number of hydrogen-bond donors (Lipinski definition) is 1. The molecule has 1 aliphatic rings. The summed E-state index contributed by atoms with van der Waals surface area (Å²) in [6, 6.07) is 7.99. The fourth-order valence-corrected chi connectivity index (χ4v) is 2.91. The Hall–Kier alpha value is -1.52. The van der Waals surface area contributed by atoms with Crippen LogP contribution in [0.15, 0.2) is 41.1 Å². The topological polar surface area (TPSA) is 42.0 Å². The number of carbonyl (C=O) groups excluding carboxylic acids is 1. The standard InChI is InChI=1S/C16H15BrN2O/c17-15-5-11(8-19-10-15)6-16(20)13-2-1-12-3-4-18-9-14(12)7-13/h1-2,5,7-8,10,18H,3-4,6,9H2. The van der Waals surface area contributed by atoms with E-state index in [-0.39, 0.29) is 5.78 Å². The highest BCUT2D eigenvalue weighted by Crippen LogP contribution is 2.18. The highest BCUT2D eigenvalue weighted by atomic mass is 79.9. The monoisotopic (exact) mass is 330 g/mol. The lowest BCUT2D eigenvalue weighted by Crippen LogP contribution is -2.23. The number of pyridine rings is 1. The molecule has 1 aromatic heterocycles. The third-order valence-corrected chi connectivity index (χ3v) is 3.97. The summed E-state index contributed by atoms with van der Waals surface area (Å²) >= 11 is 3.38. The number of halogens is 1. The van der Waals surface area contributed by atoms with Crippen LogP contribution >= 0.6 is 15.9 Å². The number of nitrogens with one attached hydrogen (secondary N) is 1. The lowest BCUT2D eigenvalue weighted by molar-refractivity contribution is 0.0992. The molecule has 0 radical (unpaired) electrons. The Labute approximate surface area is 126 Å². The molecular formula is C16H15BrN2O. The van der Waals surface area contributed by atoms with Crippen molar-refractivity contribution in [2.75, 3.05) is 6.54 Å². The second-order valence-corrected chi connectivity index (χ2v) is 5.94. The van der Waals surface area contributed by atoms with E-state index in [1.807, 2.05) is 18.2 Å². The highest BCUT2D eigenvalue weighted by molar-refractivity contribution is 9.10. The van der Waals surface area contributed by atoms with Crippen molar-refractivity contribution < 1.29 is 4.79 Å². The third kappa shape index (κ3) is 2.97. The summed E-state index contributed by atoms with van der Waals surface area (Å²) < 4.78 is 0.900. The van der Waals surface area contributed by atoms with Gasteiger partial charge in [0.2, 0.25) is 0 Å². The number of carbonyl (C=O) groups is 1. The largest absolute Gasteiger partial charge is 0.312 e. The first-order valence-corrected chi connectivity index (χ1v) is 7.47. The zero-order valence-corrected chi connectivity index (χ0v) is 12.6. The minimum absolute atomic E-state index is 0.137. The molecule has 0 saturated carbocycles. The molecule has 0 saturated heterocycles. The van der Waals surface area contributed by atoms with E-state index in [9.17, 15) is 4.79 Å². The number of nitrogens with zero attached hydrogens (tertiary/aromatic N) is 1. The maximum atomic E-state index is 12.3. The zero-order chi connectivity index (χ0) is 13.9. The summed E-state index contributed by atoms with van der Waals surface area (Å²) in [6.07, 6.45) is 4.89. The molecule has 0 unspecified atom stereocenters. The quantitative estimate of drug-likeness (QED) is 0.880. The van der Waals surface area contributed by atoms with Crippen LogP contribution in [0.2, 0.25) is 0 Å². The first kappa shape index (κ1) is 13.5. The molecule has 0 aliphatic carbocycles. The molecule has 2 heterocycles. The molecule has 3 rings (SSSR count). The van der Waals surface area contributed by atoms with Crippen LogP contribution < -0.4 is 5.32 Å². The van der Waals surface area contributed by atoms with Crippen molar-refractivity contribution in [3.05, 3.63) is 63.4 Å². The molecule has 0 spiro atoms. The summed E-state index contributed by atoms with van der Waals surface area (Å²) in [5, 5.41) is 3.34. The predicted octanol–water partition coefficient (Wildman–Crippen LogP) is 2.92. The number of ketones is 1. The summed E-state index contributed by atoms with van der Waals surface area (Å²) in [7, 11) is 0. The van der Waals surface area contributed by atoms with E-state index in [1.165, 1.54) is 11.1 Å². The van der Waals surface area contributed by atoms with Crippen LogP contribution in [-0.4, -0.2) is 17.3 Å². The fraction of sp³-hybridized carbons (Fsp3) is 0.250. The van der Waals surface area contributed by atoms with Crippen LogP contribution in [-0.2, 0) is 19.4 Å². The minimum atomic E-state index is 0.137. The van der Waals surface area contributed by atoms with Crippen LogP contribution in [0, 0.1) is 0 Å². The van der Waals surface area contributed by atoms with Gasteiger partial charge in [-0.1, -0.05) is 12.1 Å². The first-order chi connectivity index (χ1) is 9.72. The second kappa shape index (κ2) is 5.85. The van der Waals surface area contributed by atoms with Gasteiger partial charge in [-0.15, -0.1) is 0 Å². The summed E-state index contributed by atoms with van der Waals surface area (Å²) in [6.45, 7) is 1.87. The Morgan fingerprint density at radius 2 is 2.15 bits per heavy atom. The van der Waals surface area contributed by atoms with Crippen LogP contribution in [0.3, 0.4) is 0 Å². The number of benzene rings is 1. The number of aromatic nitrogens is 1. The lowest BCUT2D eigenvalue weighted by atomic mass is 9.95. The maximum absolute atomic E-state index is 12.3. The number of Topliss-reactive ketones (excluding diaryl/α,β-unsaturated/α-hetero) is 1. The summed E-state index contributed by atoms with van der Waals surface area (Å²) in [5.41, 5.74) is 4.31. The Bertz CT molecular complexity index is 655. The molecule has 1 aliphatic heterocycles. The van der Waals surface area contributed by atoms with Gasteiger partial charge in [0.25, 0.3) is 0 Å². The number of hydrogen-bond acceptors (Lipinski definition) is 3. The average Bonchev–Trinajstić information content (AvgIpc) is 2.47. The smallest absolute Gasteiger partial charge is 0.167 e.